The van der Waals surface area contributed by atoms with Crippen molar-refractivity contribution in [2.75, 3.05) is 24.3 Å². The van der Waals surface area contributed by atoms with Crippen molar-refractivity contribution in [3.05, 3.63) is 83.4 Å². The first kappa shape index (κ1) is 32.7. The predicted octanol–water partition coefficient (Wildman–Crippen LogP) is 6.93. The average Bonchev–Trinajstić information content (AvgIpc) is 3.67. The third-order valence-corrected chi connectivity index (χ3v) is 9.43. The monoisotopic (exact) mass is 624 g/mol. The summed E-state index contributed by atoms with van der Waals surface area (Å²) in [5.41, 5.74) is 6.55. The molecule has 1 saturated heterocycles. The second-order valence-corrected chi connectivity index (χ2v) is 12.2. The highest BCUT2D eigenvalue weighted by atomic mass is 16.5. The number of ether oxygens (including phenoxy) is 1. The molecule has 5 rings (SSSR count). The van der Waals surface area contributed by atoms with Gasteiger partial charge >= 0.3 is 6.09 Å². The molecule has 242 valence electrons. The molecule has 3 aromatic rings. The predicted molar refractivity (Wildman–Crippen MR) is 179 cm³/mol. The zero-order valence-corrected chi connectivity index (χ0v) is 26.9. The van der Waals surface area contributed by atoms with E-state index < -0.39 is 18.2 Å². The number of fused-ring (bicyclic) bond motifs is 3. The molecule has 0 radical (unpaired) electrons. The number of hydrogen-bond acceptors (Lipinski definition) is 5. The molecule has 2 aliphatic rings. The van der Waals surface area contributed by atoms with Crippen LogP contribution < -0.4 is 16.0 Å². The molecule has 0 spiro atoms. The highest BCUT2D eigenvalue weighted by Crippen LogP contribution is 2.55. The number of methoxy groups -OCH3 is 1. The number of alkyl carbamates (subject to hydrolysis) is 1. The molecular formula is C37H44N4O5. The molecule has 9 nitrogen and oxygen atoms in total. The Morgan fingerprint density at radius 3 is 2.17 bits per heavy atom. The molecule has 1 aliphatic carbocycles. The van der Waals surface area contributed by atoms with Gasteiger partial charge in [0.1, 0.15) is 12.1 Å². The average molecular weight is 625 g/mol. The molecule has 3 aromatic carbocycles. The minimum absolute atomic E-state index is 0.240. The van der Waals surface area contributed by atoms with Gasteiger partial charge < -0.3 is 25.6 Å². The standard InChI is InChI=1S/C37H44N4O5/c1-4-6-19-37(20-7-5-2)30-22-26(38-24-42)15-17-28(30)29-18-16-27(23-31(29)37)39-34(43)32-14-11-21-41(32)35(44)33(40-36(45)46-3)25-12-9-8-10-13-25/h8-10,12-13,15-18,22-24,32-33H,4-7,11,14,19-21H2,1-3H3,(H,38,42)(H,39,43)(H,40,45)/t32-,33+/m0/s1. The summed E-state index contributed by atoms with van der Waals surface area (Å²) in [7, 11) is 1.25. The lowest BCUT2D eigenvalue weighted by Gasteiger charge is -2.33. The molecule has 3 N–H and O–H groups in total. The Bertz CT molecular complexity index is 1570. The normalized spacial score (nSPS) is 16.6. The lowest BCUT2D eigenvalue weighted by molar-refractivity contribution is -0.138. The third kappa shape index (κ3) is 6.50. The summed E-state index contributed by atoms with van der Waals surface area (Å²) in [4.78, 5) is 52.7. The number of carbonyl (C=O) groups is 4. The maximum Gasteiger partial charge on any atom is 0.407 e. The van der Waals surface area contributed by atoms with Crippen LogP contribution in [-0.2, 0) is 24.5 Å². The summed E-state index contributed by atoms with van der Waals surface area (Å²) in [6, 6.07) is 19.6. The van der Waals surface area contributed by atoms with E-state index >= 15 is 0 Å². The van der Waals surface area contributed by atoms with Crippen molar-refractivity contribution in [1.82, 2.24) is 10.2 Å². The summed E-state index contributed by atoms with van der Waals surface area (Å²) >= 11 is 0. The Morgan fingerprint density at radius 1 is 0.935 bits per heavy atom. The zero-order chi connectivity index (χ0) is 32.7. The first-order valence-electron chi connectivity index (χ1n) is 16.4. The Labute approximate surface area is 271 Å². The van der Waals surface area contributed by atoms with E-state index in [0.717, 1.165) is 55.3 Å². The maximum atomic E-state index is 13.9. The number of benzene rings is 3. The van der Waals surface area contributed by atoms with Crippen LogP contribution in [0, 0.1) is 0 Å². The fourth-order valence-electron chi connectivity index (χ4n) is 7.16. The number of amides is 4. The van der Waals surface area contributed by atoms with Crippen molar-refractivity contribution >= 4 is 35.7 Å². The Kier molecular flexibility index (Phi) is 10.4. The summed E-state index contributed by atoms with van der Waals surface area (Å²) in [5.74, 6) is -0.604. The smallest absolute Gasteiger partial charge is 0.407 e. The third-order valence-electron chi connectivity index (χ3n) is 9.43. The highest BCUT2D eigenvalue weighted by molar-refractivity contribution is 5.99. The van der Waals surface area contributed by atoms with Crippen molar-refractivity contribution in [3.63, 3.8) is 0 Å². The van der Waals surface area contributed by atoms with Crippen molar-refractivity contribution in [2.24, 2.45) is 0 Å². The number of nitrogens with zero attached hydrogens (tertiary/aromatic N) is 1. The first-order chi connectivity index (χ1) is 22.4. The van der Waals surface area contributed by atoms with Gasteiger partial charge in [-0.05, 0) is 77.8 Å². The topological polar surface area (TPSA) is 117 Å². The van der Waals surface area contributed by atoms with Gasteiger partial charge in [0.2, 0.25) is 12.3 Å². The Hall–Kier alpha value is -4.66. The van der Waals surface area contributed by atoms with Crippen LogP contribution in [0.3, 0.4) is 0 Å². The lowest BCUT2D eigenvalue weighted by atomic mass is 9.70. The van der Waals surface area contributed by atoms with Crippen molar-refractivity contribution in [1.29, 1.82) is 0 Å². The molecule has 4 amide bonds. The number of nitrogens with one attached hydrogen (secondary N) is 3. The van der Waals surface area contributed by atoms with E-state index in [1.165, 1.54) is 18.2 Å². The van der Waals surface area contributed by atoms with E-state index in [9.17, 15) is 19.2 Å². The van der Waals surface area contributed by atoms with Crippen LogP contribution in [-0.4, -0.2) is 48.9 Å². The first-order valence-corrected chi connectivity index (χ1v) is 16.4. The van der Waals surface area contributed by atoms with Crippen LogP contribution in [0.5, 0.6) is 0 Å². The van der Waals surface area contributed by atoms with Crippen molar-refractivity contribution in [2.45, 2.75) is 82.7 Å². The summed E-state index contributed by atoms with van der Waals surface area (Å²) in [5, 5.41) is 8.61. The van der Waals surface area contributed by atoms with Gasteiger partial charge in [0.15, 0.2) is 0 Å². The van der Waals surface area contributed by atoms with E-state index in [4.69, 9.17) is 4.74 Å². The quantitative estimate of drug-likeness (QED) is 0.178. The van der Waals surface area contributed by atoms with Gasteiger partial charge in [0, 0.05) is 23.3 Å². The van der Waals surface area contributed by atoms with Crippen LogP contribution in [0.25, 0.3) is 11.1 Å². The summed E-state index contributed by atoms with van der Waals surface area (Å²) in [6.45, 7) is 4.81. The van der Waals surface area contributed by atoms with Gasteiger partial charge in [-0.25, -0.2) is 4.79 Å². The number of likely N-dealkylation sites (tertiary alicyclic amines) is 1. The molecule has 9 heteroatoms. The zero-order valence-electron chi connectivity index (χ0n) is 26.9. The molecule has 1 fully saturated rings. The van der Waals surface area contributed by atoms with Gasteiger partial charge in [-0.2, -0.15) is 0 Å². The van der Waals surface area contributed by atoms with E-state index in [0.29, 0.717) is 37.0 Å². The molecule has 2 atom stereocenters. The Balaban J connectivity index is 1.44. The number of carbonyl (C=O) groups excluding carboxylic acids is 4. The summed E-state index contributed by atoms with van der Waals surface area (Å²) < 4.78 is 4.79. The van der Waals surface area contributed by atoms with Gasteiger partial charge in [0.05, 0.1) is 7.11 Å². The second kappa shape index (κ2) is 14.6. The number of unbranched alkanes of at least 4 members (excludes halogenated alkanes) is 2. The number of anilines is 2. The van der Waals surface area contributed by atoms with E-state index in [-0.39, 0.29) is 17.2 Å². The van der Waals surface area contributed by atoms with Gasteiger partial charge in [-0.1, -0.05) is 82.0 Å². The molecule has 0 bridgehead atoms. The molecule has 0 aromatic heterocycles. The molecule has 0 unspecified atom stereocenters. The lowest BCUT2D eigenvalue weighted by Crippen LogP contribution is -2.48. The van der Waals surface area contributed by atoms with Crippen molar-refractivity contribution < 1.29 is 23.9 Å². The summed E-state index contributed by atoms with van der Waals surface area (Å²) in [6.07, 6.45) is 7.33. The Morgan fingerprint density at radius 2 is 1.57 bits per heavy atom. The minimum Gasteiger partial charge on any atom is -0.453 e. The highest BCUT2D eigenvalue weighted by Gasteiger charge is 2.43. The number of hydrogen-bond donors (Lipinski definition) is 3. The van der Waals surface area contributed by atoms with Gasteiger partial charge in [0.25, 0.3) is 5.91 Å². The molecule has 46 heavy (non-hydrogen) atoms. The molecule has 1 heterocycles. The van der Waals surface area contributed by atoms with E-state index in [2.05, 4.69) is 54.1 Å². The van der Waals surface area contributed by atoms with Crippen LogP contribution >= 0.6 is 0 Å². The SMILES string of the molecule is CCCCC1(CCCC)c2cc(NC=O)ccc2-c2ccc(NC(=O)[C@@H]3CCCN3C(=O)[C@H](NC(=O)OC)c3ccccc3)cc21. The largest absolute Gasteiger partial charge is 0.453 e. The van der Waals surface area contributed by atoms with E-state index in [1.807, 2.05) is 18.2 Å². The number of rotatable bonds is 13. The van der Waals surface area contributed by atoms with Gasteiger partial charge in [-0.3, -0.25) is 14.4 Å². The second-order valence-electron chi connectivity index (χ2n) is 12.2. The maximum absolute atomic E-state index is 13.9. The van der Waals surface area contributed by atoms with Crippen LogP contribution in [0.1, 0.15) is 87.9 Å². The van der Waals surface area contributed by atoms with Crippen LogP contribution in [0.4, 0.5) is 16.2 Å². The van der Waals surface area contributed by atoms with E-state index in [1.54, 1.807) is 29.2 Å². The van der Waals surface area contributed by atoms with Crippen LogP contribution in [0.2, 0.25) is 0 Å². The fraction of sp³-hybridized carbons (Fsp3) is 0.405. The minimum atomic E-state index is -0.975. The van der Waals surface area contributed by atoms with Gasteiger partial charge in [-0.15, -0.1) is 0 Å². The van der Waals surface area contributed by atoms with Crippen molar-refractivity contribution in [3.8, 4) is 11.1 Å². The fourth-order valence-corrected chi connectivity index (χ4v) is 7.16. The molecule has 1 aliphatic heterocycles. The molecule has 0 saturated carbocycles. The van der Waals surface area contributed by atoms with Crippen LogP contribution in [0.15, 0.2) is 66.7 Å². The molecular weight excluding hydrogens is 580 g/mol.